The second-order valence-corrected chi connectivity index (χ2v) is 6.85. The molecule has 0 saturated carbocycles. The van der Waals surface area contributed by atoms with Crippen molar-refractivity contribution in [2.75, 3.05) is 13.1 Å². The third-order valence-corrected chi connectivity index (χ3v) is 4.80. The lowest BCUT2D eigenvalue weighted by Gasteiger charge is -2.37. The number of aryl methyl sites for hydroxylation is 1. The molecule has 0 radical (unpaired) electrons. The molecule has 1 aliphatic rings. The van der Waals surface area contributed by atoms with Gasteiger partial charge in [-0.05, 0) is 38.8 Å². The molecule has 6 nitrogen and oxygen atoms in total. The number of piperidine rings is 1. The molecule has 2 aromatic rings. The number of benzene rings is 1. The fourth-order valence-electron chi connectivity index (χ4n) is 3.18. The second kappa shape index (κ2) is 6.70. The molecule has 0 bridgehead atoms. The Morgan fingerprint density at radius 3 is 2.72 bits per heavy atom. The van der Waals surface area contributed by atoms with Crippen LogP contribution < -0.4 is 0 Å². The number of carbonyl (C=O) groups is 2. The van der Waals surface area contributed by atoms with Crippen molar-refractivity contribution >= 4 is 11.9 Å². The highest BCUT2D eigenvalue weighted by Gasteiger charge is 2.39. The highest BCUT2D eigenvalue weighted by atomic mass is 16.4. The quantitative estimate of drug-likeness (QED) is 0.923. The third-order valence-electron chi connectivity index (χ3n) is 4.80. The van der Waals surface area contributed by atoms with Gasteiger partial charge in [0.25, 0.3) is 0 Å². The fourth-order valence-corrected chi connectivity index (χ4v) is 3.18. The van der Waals surface area contributed by atoms with E-state index in [-0.39, 0.29) is 18.9 Å². The van der Waals surface area contributed by atoms with E-state index in [2.05, 4.69) is 4.98 Å². The van der Waals surface area contributed by atoms with E-state index in [0.29, 0.717) is 36.7 Å². The first kappa shape index (κ1) is 17.2. The molecule has 3 rings (SSSR count). The number of rotatable bonds is 4. The summed E-state index contributed by atoms with van der Waals surface area (Å²) in [5, 5.41) is 9.39. The molecule has 1 atom stereocenters. The molecular weight excluding hydrogens is 320 g/mol. The van der Waals surface area contributed by atoms with E-state index >= 15 is 0 Å². The van der Waals surface area contributed by atoms with E-state index < -0.39 is 11.4 Å². The van der Waals surface area contributed by atoms with Gasteiger partial charge < -0.3 is 14.4 Å². The normalized spacial score (nSPS) is 20.5. The van der Waals surface area contributed by atoms with Gasteiger partial charge in [-0.15, -0.1) is 0 Å². The van der Waals surface area contributed by atoms with Crippen molar-refractivity contribution in [1.82, 2.24) is 9.88 Å². The highest BCUT2D eigenvalue weighted by molar-refractivity contribution is 5.81. The summed E-state index contributed by atoms with van der Waals surface area (Å²) in [4.78, 5) is 30.2. The second-order valence-electron chi connectivity index (χ2n) is 6.85. The lowest BCUT2D eigenvalue weighted by atomic mass is 9.82. The third kappa shape index (κ3) is 3.57. The Balaban J connectivity index is 1.73. The van der Waals surface area contributed by atoms with Crippen molar-refractivity contribution < 1.29 is 19.1 Å². The number of nitrogens with zero attached hydrogens (tertiary/aromatic N) is 2. The number of carboxylic acids is 1. The summed E-state index contributed by atoms with van der Waals surface area (Å²) < 4.78 is 5.69. The molecule has 2 heterocycles. The van der Waals surface area contributed by atoms with Crippen molar-refractivity contribution in [2.24, 2.45) is 5.41 Å². The summed E-state index contributed by atoms with van der Waals surface area (Å²) in [7, 11) is 0. The minimum Gasteiger partial charge on any atom is -0.481 e. The van der Waals surface area contributed by atoms with Crippen LogP contribution in [0.2, 0.25) is 0 Å². The Morgan fingerprint density at radius 1 is 1.32 bits per heavy atom. The zero-order valence-corrected chi connectivity index (χ0v) is 14.5. The average molecular weight is 342 g/mol. The Labute approximate surface area is 146 Å². The van der Waals surface area contributed by atoms with Gasteiger partial charge in [0.15, 0.2) is 0 Å². The molecule has 0 spiro atoms. The van der Waals surface area contributed by atoms with E-state index in [4.69, 9.17) is 4.42 Å². The van der Waals surface area contributed by atoms with Crippen LogP contribution in [0.3, 0.4) is 0 Å². The molecule has 1 unspecified atom stereocenters. The van der Waals surface area contributed by atoms with Crippen LogP contribution >= 0.6 is 0 Å². The SMILES string of the molecule is Cc1oc(-c2ccccc2)nc1CC(=O)N1CCCC(C)(C(=O)O)C1. The van der Waals surface area contributed by atoms with Gasteiger partial charge in [-0.25, -0.2) is 4.98 Å². The number of oxazole rings is 1. The van der Waals surface area contributed by atoms with Crippen molar-refractivity contribution in [2.45, 2.75) is 33.1 Å². The van der Waals surface area contributed by atoms with Crippen LogP contribution in [0.5, 0.6) is 0 Å². The zero-order chi connectivity index (χ0) is 18.0. The molecule has 1 aromatic heterocycles. The minimum absolute atomic E-state index is 0.108. The molecule has 132 valence electrons. The summed E-state index contributed by atoms with van der Waals surface area (Å²) in [6.45, 7) is 4.32. The van der Waals surface area contributed by atoms with Gasteiger partial charge in [-0.3, -0.25) is 9.59 Å². The molecule has 1 amide bonds. The van der Waals surface area contributed by atoms with Gasteiger partial charge in [0.05, 0.1) is 17.5 Å². The number of aliphatic carboxylic acids is 1. The molecular formula is C19H22N2O4. The zero-order valence-electron chi connectivity index (χ0n) is 14.5. The Bertz CT molecular complexity index is 784. The average Bonchev–Trinajstić information content (AvgIpc) is 2.96. The lowest BCUT2D eigenvalue weighted by Crippen LogP contribution is -2.48. The standard InChI is InChI=1S/C19H22N2O4/c1-13-15(20-17(25-13)14-7-4-3-5-8-14)11-16(22)21-10-6-9-19(2,12-21)18(23)24/h3-5,7-8H,6,9-12H2,1-2H3,(H,23,24). The van der Waals surface area contributed by atoms with E-state index in [1.54, 1.807) is 18.7 Å². The number of hydrogen-bond acceptors (Lipinski definition) is 4. The minimum atomic E-state index is -0.873. The van der Waals surface area contributed by atoms with Crippen molar-refractivity contribution in [3.05, 3.63) is 41.8 Å². The van der Waals surface area contributed by atoms with E-state index in [9.17, 15) is 14.7 Å². The summed E-state index contributed by atoms with van der Waals surface area (Å²) in [5.41, 5.74) is 0.592. The largest absolute Gasteiger partial charge is 0.481 e. The van der Waals surface area contributed by atoms with E-state index in [1.807, 2.05) is 30.3 Å². The maximum Gasteiger partial charge on any atom is 0.311 e. The van der Waals surface area contributed by atoms with Crippen LogP contribution in [-0.4, -0.2) is 40.0 Å². The first-order valence-electron chi connectivity index (χ1n) is 8.42. The predicted octanol–water partition coefficient (Wildman–Crippen LogP) is 2.91. The molecule has 1 aromatic carbocycles. The molecule has 0 aliphatic carbocycles. The molecule has 1 fully saturated rings. The van der Waals surface area contributed by atoms with Crippen LogP contribution in [0.4, 0.5) is 0 Å². The summed E-state index contributed by atoms with van der Waals surface area (Å²) >= 11 is 0. The van der Waals surface area contributed by atoms with Crippen LogP contribution in [0.15, 0.2) is 34.7 Å². The van der Waals surface area contributed by atoms with Crippen LogP contribution in [0, 0.1) is 12.3 Å². The Kier molecular flexibility index (Phi) is 4.61. The van der Waals surface area contributed by atoms with Crippen LogP contribution in [0.25, 0.3) is 11.5 Å². The molecule has 1 N–H and O–H groups in total. The summed E-state index contributed by atoms with van der Waals surface area (Å²) in [6.07, 6.45) is 1.41. The maximum absolute atomic E-state index is 12.6. The van der Waals surface area contributed by atoms with Gasteiger partial charge in [-0.1, -0.05) is 18.2 Å². The first-order chi connectivity index (χ1) is 11.9. The number of hydrogen-bond donors (Lipinski definition) is 1. The van der Waals surface area contributed by atoms with E-state index in [0.717, 1.165) is 5.56 Å². The van der Waals surface area contributed by atoms with E-state index in [1.165, 1.54) is 0 Å². The van der Waals surface area contributed by atoms with Gasteiger partial charge in [0.2, 0.25) is 11.8 Å². The van der Waals surface area contributed by atoms with Crippen LogP contribution in [0.1, 0.15) is 31.2 Å². The van der Waals surface area contributed by atoms with Gasteiger partial charge >= 0.3 is 5.97 Å². The smallest absolute Gasteiger partial charge is 0.311 e. The number of carbonyl (C=O) groups excluding carboxylic acids is 1. The highest BCUT2D eigenvalue weighted by Crippen LogP contribution is 2.30. The predicted molar refractivity (Wildman–Crippen MR) is 91.9 cm³/mol. The number of aromatic nitrogens is 1. The maximum atomic E-state index is 12.6. The molecule has 1 saturated heterocycles. The molecule has 25 heavy (non-hydrogen) atoms. The number of carboxylic acid groups (broad SMARTS) is 1. The van der Waals surface area contributed by atoms with Gasteiger partial charge in [-0.2, -0.15) is 0 Å². The first-order valence-corrected chi connectivity index (χ1v) is 8.42. The van der Waals surface area contributed by atoms with Crippen molar-refractivity contribution in [3.63, 3.8) is 0 Å². The molecule has 6 heteroatoms. The van der Waals surface area contributed by atoms with Gasteiger partial charge in [0, 0.05) is 18.7 Å². The van der Waals surface area contributed by atoms with Gasteiger partial charge in [0.1, 0.15) is 5.76 Å². The van der Waals surface area contributed by atoms with Crippen LogP contribution in [-0.2, 0) is 16.0 Å². The van der Waals surface area contributed by atoms with Crippen molar-refractivity contribution in [1.29, 1.82) is 0 Å². The monoisotopic (exact) mass is 342 g/mol. The lowest BCUT2D eigenvalue weighted by molar-refractivity contribution is -0.153. The fraction of sp³-hybridized carbons (Fsp3) is 0.421. The summed E-state index contributed by atoms with van der Waals surface area (Å²) in [6, 6.07) is 9.53. The topological polar surface area (TPSA) is 83.6 Å². The van der Waals surface area contributed by atoms with Crippen molar-refractivity contribution in [3.8, 4) is 11.5 Å². The number of likely N-dealkylation sites (tertiary alicyclic amines) is 1. The molecule has 1 aliphatic heterocycles. The Hall–Kier alpha value is -2.63. The Morgan fingerprint density at radius 2 is 2.04 bits per heavy atom. The summed E-state index contributed by atoms with van der Waals surface area (Å²) in [5.74, 6) is 0.150. The number of amides is 1.